The lowest BCUT2D eigenvalue weighted by molar-refractivity contribution is -0.117. The molecule has 0 radical (unpaired) electrons. The largest absolute Gasteiger partial charge is 0.352 e. The van der Waals surface area contributed by atoms with Crippen LogP contribution in [0.3, 0.4) is 0 Å². The van der Waals surface area contributed by atoms with Gasteiger partial charge in [-0.2, -0.15) is 0 Å². The van der Waals surface area contributed by atoms with Crippen LogP contribution in [0.1, 0.15) is 23.1 Å². The Hall–Kier alpha value is -2.82. The molecule has 5 heteroatoms. The lowest BCUT2D eigenvalue weighted by Crippen LogP contribution is -2.45. The second-order valence-electron chi connectivity index (χ2n) is 6.55. The molecule has 26 heavy (non-hydrogen) atoms. The number of nitrogens with zero attached hydrogens (tertiary/aromatic N) is 2. The number of amides is 1. The van der Waals surface area contributed by atoms with Gasteiger partial charge in [0.15, 0.2) is 5.96 Å². The van der Waals surface area contributed by atoms with Crippen LogP contribution in [0.5, 0.6) is 0 Å². The van der Waals surface area contributed by atoms with E-state index < -0.39 is 0 Å². The van der Waals surface area contributed by atoms with Gasteiger partial charge in [0.05, 0.1) is 6.54 Å². The minimum atomic E-state index is 0.0654. The zero-order valence-electron chi connectivity index (χ0n) is 15.5. The van der Waals surface area contributed by atoms with Crippen molar-refractivity contribution >= 4 is 17.6 Å². The van der Waals surface area contributed by atoms with Gasteiger partial charge in [0.2, 0.25) is 5.91 Å². The molecule has 5 nitrogen and oxygen atoms in total. The van der Waals surface area contributed by atoms with Crippen LogP contribution in [0.25, 0.3) is 0 Å². The molecule has 0 fully saturated rings. The molecule has 1 aliphatic heterocycles. The molecule has 136 valence electrons. The van der Waals surface area contributed by atoms with Crippen LogP contribution in [0.15, 0.2) is 53.5 Å². The highest BCUT2D eigenvalue weighted by atomic mass is 16.2. The second kappa shape index (κ2) is 8.52. The number of fused-ring (bicyclic) bond motifs is 1. The van der Waals surface area contributed by atoms with Gasteiger partial charge in [-0.3, -0.25) is 9.79 Å². The van der Waals surface area contributed by atoms with E-state index in [-0.39, 0.29) is 12.5 Å². The summed E-state index contributed by atoms with van der Waals surface area (Å²) in [5.74, 6) is 0.695. The van der Waals surface area contributed by atoms with Gasteiger partial charge >= 0.3 is 0 Å². The normalized spacial score (nSPS) is 13.9. The van der Waals surface area contributed by atoms with Crippen LogP contribution in [0, 0.1) is 6.92 Å². The molecule has 2 aromatic rings. The van der Waals surface area contributed by atoms with E-state index in [0.29, 0.717) is 12.5 Å². The number of rotatable bonds is 4. The number of carbonyl (C=O) groups excluding carboxylic acids is 1. The first-order valence-corrected chi connectivity index (χ1v) is 9.05. The molecule has 0 atom stereocenters. The molecule has 2 aromatic carbocycles. The van der Waals surface area contributed by atoms with Gasteiger partial charge in [0.1, 0.15) is 0 Å². The zero-order valence-corrected chi connectivity index (χ0v) is 15.5. The third kappa shape index (κ3) is 4.42. The van der Waals surface area contributed by atoms with Crippen molar-refractivity contribution in [2.45, 2.75) is 26.3 Å². The molecule has 0 spiro atoms. The van der Waals surface area contributed by atoms with Gasteiger partial charge in [-0.25, -0.2) is 0 Å². The van der Waals surface area contributed by atoms with E-state index in [4.69, 9.17) is 0 Å². The predicted molar refractivity (Wildman–Crippen MR) is 106 cm³/mol. The number of guanidine groups is 1. The molecule has 1 aliphatic rings. The van der Waals surface area contributed by atoms with Crippen molar-refractivity contribution in [1.82, 2.24) is 10.6 Å². The zero-order chi connectivity index (χ0) is 18.4. The third-order valence-corrected chi connectivity index (χ3v) is 4.58. The number of hydrogen-bond acceptors (Lipinski definition) is 2. The highest BCUT2D eigenvalue weighted by Gasteiger charge is 2.21. The maximum atomic E-state index is 12.7. The molecule has 0 aromatic heterocycles. The predicted octanol–water partition coefficient (Wildman–Crippen LogP) is 2.64. The van der Waals surface area contributed by atoms with Crippen LogP contribution >= 0.6 is 0 Å². The summed E-state index contributed by atoms with van der Waals surface area (Å²) in [4.78, 5) is 18.8. The van der Waals surface area contributed by atoms with E-state index in [1.165, 1.54) is 16.7 Å². The van der Waals surface area contributed by atoms with Gasteiger partial charge in [0, 0.05) is 25.8 Å². The fourth-order valence-corrected chi connectivity index (χ4v) is 3.28. The van der Waals surface area contributed by atoms with Crippen LogP contribution in [0.4, 0.5) is 5.69 Å². The Balaban J connectivity index is 1.55. The number of aryl methyl sites for hydroxylation is 2. The Morgan fingerprint density at radius 2 is 2.00 bits per heavy atom. The average molecular weight is 350 g/mol. The summed E-state index contributed by atoms with van der Waals surface area (Å²) in [7, 11) is 1.71. The molecular weight excluding hydrogens is 324 g/mol. The van der Waals surface area contributed by atoms with Crippen LogP contribution in [0.2, 0.25) is 0 Å². The Kier molecular flexibility index (Phi) is 5.89. The lowest BCUT2D eigenvalue weighted by atomic mass is 10.0. The summed E-state index contributed by atoms with van der Waals surface area (Å²) in [5, 5.41) is 6.39. The smallest absolute Gasteiger partial charge is 0.246 e. The van der Waals surface area contributed by atoms with Gasteiger partial charge in [-0.05, 0) is 37.0 Å². The van der Waals surface area contributed by atoms with E-state index in [1.54, 1.807) is 7.05 Å². The van der Waals surface area contributed by atoms with Gasteiger partial charge in [-0.15, -0.1) is 0 Å². The first kappa shape index (κ1) is 18.0. The summed E-state index contributed by atoms with van der Waals surface area (Å²) >= 11 is 0. The van der Waals surface area contributed by atoms with Crippen LogP contribution in [-0.4, -0.2) is 32.0 Å². The standard InChI is InChI=1S/C21H26N4O/c1-16-7-5-8-17(13-16)14-23-21(22-2)24-15-20(26)25-12-6-10-18-9-3-4-11-19(18)25/h3-5,7-9,11,13H,6,10,12,14-15H2,1-2H3,(H2,22,23,24). The molecule has 2 N–H and O–H groups in total. The lowest BCUT2D eigenvalue weighted by Gasteiger charge is -2.29. The van der Waals surface area contributed by atoms with E-state index >= 15 is 0 Å². The molecule has 0 unspecified atom stereocenters. The number of carbonyl (C=O) groups is 1. The quantitative estimate of drug-likeness (QED) is 0.658. The molecule has 1 heterocycles. The first-order chi connectivity index (χ1) is 12.7. The molecule has 0 aliphatic carbocycles. The first-order valence-electron chi connectivity index (χ1n) is 9.05. The summed E-state index contributed by atoms with van der Waals surface area (Å²) < 4.78 is 0. The van der Waals surface area contributed by atoms with Crippen molar-refractivity contribution < 1.29 is 4.79 Å². The molecule has 0 saturated carbocycles. The maximum absolute atomic E-state index is 12.7. The molecule has 3 rings (SSSR count). The number of nitrogens with one attached hydrogen (secondary N) is 2. The number of anilines is 1. The summed E-state index contributed by atoms with van der Waals surface area (Å²) in [5.41, 5.74) is 4.69. The van der Waals surface area contributed by atoms with Crippen molar-refractivity contribution in [1.29, 1.82) is 0 Å². The number of hydrogen-bond donors (Lipinski definition) is 2. The summed E-state index contributed by atoms with van der Waals surface area (Å²) in [6.07, 6.45) is 2.04. The Morgan fingerprint density at radius 1 is 1.15 bits per heavy atom. The van der Waals surface area contributed by atoms with Crippen molar-refractivity contribution in [2.24, 2.45) is 4.99 Å². The van der Waals surface area contributed by atoms with Crippen molar-refractivity contribution in [3.05, 3.63) is 65.2 Å². The SMILES string of the molecule is CN=C(NCC(=O)N1CCCc2ccccc21)NCc1cccc(C)c1. The summed E-state index contributed by atoms with van der Waals surface area (Å²) in [6.45, 7) is 3.74. The second-order valence-corrected chi connectivity index (χ2v) is 6.55. The monoisotopic (exact) mass is 350 g/mol. The molecular formula is C21H26N4O. The van der Waals surface area contributed by atoms with E-state index in [9.17, 15) is 4.79 Å². The van der Waals surface area contributed by atoms with Crippen molar-refractivity contribution in [2.75, 3.05) is 25.0 Å². The maximum Gasteiger partial charge on any atom is 0.246 e. The number of aliphatic imine (C=N–C) groups is 1. The average Bonchev–Trinajstić information content (AvgIpc) is 2.67. The topological polar surface area (TPSA) is 56.7 Å². The molecule has 0 saturated heterocycles. The number of para-hydroxylation sites is 1. The fourth-order valence-electron chi connectivity index (χ4n) is 3.28. The highest BCUT2D eigenvalue weighted by molar-refractivity contribution is 5.98. The molecule has 0 bridgehead atoms. The molecule has 1 amide bonds. The van der Waals surface area contributed by atoms with Gasteiger partial charge < -0.3 is 15.5 Å². The van der Waals surface area contributed by atoms with E-state index in [0.717, 1.165) is 25.1 Å². The minimum Gasteiger partial charge on any atom is -0.352 e. The Labute approximate surface area is 155 Å². The number of benzene rings is 2. The fraction of sp³-hybridized carbons (Fsp3) is 0.333. The van der Waals surface area contributed by atoms with E-state index in [1.807, 2.05) is 29.2 Å². The van der Waals surface area contributed by atoms with Gasteiger partial charge in [-0.1, -0.05) is 48.0 Å². The van der Waals surface area contributed by atoms with Crippen LogP contribution in [-0.2, 0) is 17.8 Å². The van der Waals surface area contributed by atoms with Crippen molar-refractivity contribution in [3.8, 4) is 0 Å². The third-order valence-electron chi connectivity index (χ3n) is 4.58. The van der Waals surface area contributed by atoms with Crippen molar-refractivity contribution in [3.63, 3.8) is 0 Å². The summed E-state index contributed by atoms with van der Waals surface area (Å²) in [6, 6.07) is 16.5. The Morgan fingerprint density at radius 3 is 2.81 bits per heavy atom. The highest BCUT2D eigenvalue weighted by Crippen LogP contribution is 2.26. The van der Waals surface area contributed by atoms with E-state index in [2.05, 4.69) is 46.8 Å². The van der Waals surface area contributed by atoms with Gasteiger partial charge in [0.25, 0.3) is 0 Å². The minimum absolute atomic E-state index is 0.0654. The Bertz CT molecular complexity index is 800. The van der Waals surface area contributed by atoms with Crippen LogP contribution < -0.4 is 15.5 Å².